The van der Waals surface area contributed by atoms with Gasteiger partial charge in [-0.1, -0.05) is 11.6 Å². The highest BCUT2D eigenvalue weighted by Crippen LogP contribution is 2.71. The lowest BCUT2D eigenvalue weighted by atomic mass is 9.83. The number of anilines is 1. The van der Waals surface area contributed by atoms with E-state index in [1.165, 1.54) is 0 Å². The molecule has 0 heterocycles. The topological polar surface area (TPSA) is 58.6 Å². The monoisotopic (exact) mass is 336 g/mol. The van der Waals surface area contributed by atoms with Crippen molar-refractivity contribution in [3.63, 3.8) is 0 Å². The molecule has 0 saturated heterocycles. The van der Waals surface area contributed by atoms with Gasteiger partial charge in [0, 0.05) is 19.8 Å². The summed E-state index contributed by atoms with van der Waals surface area (Å²) < 4.78 is 5.11. The molecule has 1 aromatic carbocycles. The Bertz CT molecular complexity index is 664. The Balaban J connectivity index is 1.79. The first kappa shape index (κ1) is 16.1. The number of hydrogen-bond donors (Lipinski definition) is 1. The lowest BCUT2D eigenvalue weighted by Crippen LogP contribution is -2.42. The summed E-state index contributed by atoms with van der Waals surface area (Å²) in [4.78, 5) is 26.9. The molecule has 0 aromatic heterocycles. The van der Waals surface area contributed by atoms with Crippen LogP contribution in [-0.2, 0) is 9.59 Å². The highest BCUT2D eigenvalue weighted by atomic mass is 35.5. The number of hydrogen-bond acceptors (Lipinski definition) is 3. The number of carbonyl (C=O) groups excluding carboxylic acids is 2. The first-order valence-corrected chi connectivity index (χ1v) is 8.11. The van der Waals surface area contributed by atoms with Crippen molar-refractivity contribution in [2.45, 2.75) is 25.7 Å². The van der Waals surface area contributed by atoms with Gasteiger partial charge in [-0.2, -0.15) is 0 Å². The van der Waals surface area contributed by atoms with Crippen molar-refractivity contribution < 1.29 is 14.3 Å². The van der Waals surface area contributed by atoms with Gasteiger partial charge in [-0.05, 0) is 43.9 Å². The predicted molar refractivity (Wildman–Crippen MR) is 88.7 cm³/mol. The third-order valence-corrected chi connectivity index (χ3v) is 5.37. The van der Waals surface area contributed by atoms with Gasteiger partial charge in [0.25, 0.3) is 0 Å². The molecule has 124 valence electrons. The quantitative estimate of drug-likeness (QED) is 0.899. The average molecular weight is 337 g/mol. The summed E-state index contributed by atoms with van der Waals surface area (Å²) in [5.41, 5.74) is -0.433. The molecule has 0 radical (unpaired) electrons. The molecule has 5 nitrogen and oxygen atoms in total. The number of rotatable bonds is 5. The van der Waals surface area contributed by atoms with Gasteiger partial charge in [0.1, 0.15) is 5.75 Å². The number of nitrogens with one attached hydrogen (secondary N) is 1. The van der Waals surface area contributed by atoms with Gasteiger partial charge in [-0.3, -0.25) is 9.59 Å². The number of halogens is 1. The Hall–Kier alpha value is -1.75. The molecule has 0 unspecified atom stereocenters. The van der Waals surface area contributed by atoms with Crippen LogP contribution < -0.4 is 10.1 Å². The van der Waals surface area contributed by atoms with E-state index in [1.54, 1.807) is 44.3 Å². The van der Waals surface area contributed by atoms with E-state index in [0.29, 0.717) is 16.5 Å². The predicted octanol–water partition coefficient (Wildman–Crippen LogP) is 2.94. The third-order valence-electron chi connectivity index (χ3n) is 5.08. The van der Waals surface area contributed by atoms with Crippen LogP contribution in [0.15, 0.2) is 18.2 Å². The zero-order valence-corrected chi connectivity index (χ0v) is 14.4. The average Bonchev–Trinajstić information content (AvgIpc) is 3.37. The molecule has 6 heteroatoms. The van der Waals surface area contributed by atoms with Crippen molar-refractivity contribution in [2.75, 3.05) is 26.5 Å². The van der Waals surface area contributed by atoms with E-state index in [4.69, 9.17) is 16.3 Å². The first-order valence-electron chi connectivity index (χ1n) is 7.73. The molecule has 0 bridgehead atoms. The molecular weight excluding hydrogens is 316 g/mol. The number of amides is 2. The molecule has 2 amide bonds. The van der Waals surface area contributed by atoms with Crippen LogP contribution in [0.25, 0.3) is 0 Å². The minimum atomic E-state index is -0.555. The van der Waals surface area contributed by atoms with Gasteiger partial charge in [0.2, 0.25) is 11.8 Å². The van der Waals surface area contributed by atoms with Crippen molar-refractivity contribution in [1.82, 2.24) is 4.90 Å². The van der Waals surface area contributed by atoms with Crippen LogP contribution in [0.2, 0.25) is 5.02 Å². The Kier molecular flexibility index (Phi) is 3.79. The second-order valence-electron chi connectivity index (χ2n) is 6.67. The van der Waals surface area contributed by atoms with E-state index in [-0.39, 0.29) is 11.8 Å². The number of methoxy groups -OCH3 is 1. The van der Waals surface area contributed by atoms with Crippen LogP contribution in [0.4, 0.5) is 5.69 Å². The molecule has 1 aromatic rings. The minimum Gasteiger partial charge on any atom is -0.495 e. The first-order chi connectivity index (χ1) is 10.9. The van der Waals surface area contributed by atoms with Gasteiger partial charge < -0.3 is 15.0 Å². The molecular formula is C17H21ClN2O3. The number of benzene rings is 1. The van der Waals surface area contributed by atoms with Gasteiger partial charge in [-0.25, -0.2) is 0 Å². The van der Waals surface area contributed by atoms with E-state index < -0.39 is 10.8 Å². The van der Waals surface area contributed by atoms with Crippen LogP contribution in [0.5, 0.6) is 5.75 Å². The number of carbonyl (C=O) groups is 2. The van der Waals surface area contributed by atoms with Crippen molar-refractivity contribution in [2.24, 2.45) is 10.8 Å². The number of nitrogens with zero attached hydrogens (tertiary/aromatic N) is 1. The van der Waals surface area contributed by atoms with E-state index in [0.717, 1.165) is 25.7 Å². The van der Waals surface area contributed by atoms with Crippen molar-refractivity contribution in [3.8, 4) is 5.75 Å². The smallest absolute Gasteiger partial charge is 0.231 e. The normalized spacial score (nSPS) is 19.7. The molecule has 3 rings (SSSR count). The molecule has 2 aliphatic rings. The maximum absolute atomic E-state index is 12.8. The molecule has 1 N–H and O–H groups in total. The van der Waals surface area contributed by atoms with Crippen LogP contribution in [-0.4, -0.2) is 37.9 Å². The van der Waals surface area contributed by atoms with Gasteiger partial charge >= 0.3 is 0 Å². The largest absolute Gasteiger partial charge is 0.495 e. The fourth-order valence-electron chi connectivity index (χ4n) is 3.49. The summed E-state index contributed by atoms with van der Waals surface area (Å²) in [5, 5.41) is 3.37. The van der Waals surface area contributed by atoms with E-state index in [2.05, 4.69) is 5.32 Å². The Labute approximate surface area is 140 Å². The maximum atomic E-state index is 12.8. The minimum absolute atomic E-state index is 0.0675. The standard InChI is InChI=1S/C17H21ClN2O3/c1-20(2)15(22)17(8-9-17)16(6-7-16)14(21)19-11-4-5-13(23-3)12(18)10-11/h4-5,10H,6-9H2,1-3H3,(H,19,21). The van der Waals surface area contributed by atoms with Crippen molar-refractivity contribution in [1.29, 1.82) is 0 Å². The van der Waals surface area contributed by atoms with E-state index in [1.807, 2.05) is 0 Å². The van der Waals surface area contributed by atoms with E-state index in [9.17, 15) is 9.59 Å². The zero-order chi connectivity index (χ0) is 16.8. The van der Waals surface area contributed by atoms with Gasteiger partial charge in [0.05, 0.1) is 23.0 Å². The molecule has 23 heavy (non-hydrogen) atoms. The lowest BCUT2D eigenvalue weighted by molar-refractivity contribution is -0.141. The van der Waals surface area contributed by atoms with Gasteiger partial charge in [-0.15, -0.1) is 0 Å². The second kappa shape index (κ2) is 5.41. The maximum Gasteiger partial charge on any atom is 0.231 e. The van der Waals surface area contributed by atoms with Crippen molar-refractivity contribution >= 4 is 29.1 Å². The zero-order valence-electron chi connectivity index (χ0n) is 13.6. The van der Waals surface area contributed by atoms with Crippen LogP contribution in [0.3, 0.4) is 0 Å². The summed E-state index contributed by atoms with van der Waals surface area (Å²) >= 11 is 6.10. The Morgan fingerprint density at radius 2 is 1.78 bits per heavy atom. The Morgan fingerprint density at radius 1 is 1.17 bits per heavy atom. The summed E-state index contributed by atoms with van der Waals surface area (Å²) in [7, 11) is 5.04. The SMILES string of the molecule is COc1ccc(NC(=O)C2(C3(C(=O)N(C)C)CC3)CC2)cc1Cl. The lowest BCUT2D eigenvalue weighted by Gasteiger charge is -2.27. The third kappa shape index (κ3) is 2.47. The summed E-state index contributed by atoms with van der Waals surface area (Å²) in [6.07, 6.45) is 3.12. The molecule has 0 atom stereocenters. The fraction of sp³-hybridized carbons (Fsp3) is 0.529. The molecule has 0 spiro atoms. The molecule has 0 aliphatic heterocycles. The van der Waals surface area contributed by atoms with Crippen LogP contribution in [0.1, 0.15) is 25.7 Å². The van der Waals surface area contributed by atoms with Crippen molar-refractivity contribution in [3.05, 3.63) is 23.2 Å². The van der Waals surface area contributed by atoms with E-state index >= 15 is 0 Å². The molecule has 2 saturated carbocycles. The molecule has 2 fully saturated rings. The van der Waals surface area contributed by atoms with Crippen LogP contribution in [0, 0.1) is 10.8 Å². The summed E-state index contributed by atoms with van der Waals surface area (Å²) in [6.45, 7) is 0. The summed E-state index contributed by atoms with van der Waals surface area (Å²) in [6, 6.07) is 5.14. The Morgan fingerprint density at radius 3 is 2.22 bits per heavy atom. The highest BCUT2D eigenvalue weighted by molar-refractivity contribution is 6.32. The second-order valence-corrected chi connectivity index (χ2v) is 7.07. The van der Waals surface area contributed by atoms with Gasteiger partial charge in [0.15, 0.2) is 0 Å². The highest BCUT2D eigenvalue weighted by Gasteiger charge is 2.73. The molecule has 2 aliphatic carbocycles. The fourth-order valence-corrected chi connectivity index (χ4v) is 3.75. The van der Waals surface area contributed by atoms with Crippen LogP contribution >= 0.6 is 11.6 Å². The summed E-state index contributed by atoms with van der Waals surface area (Å²) in [5.74, 6) is 0.552. The number of ether oxygens (including phenoxy) is 1.